The van der Waals surface area contributed by atoms with Crippen molar-refractivity contribution >= 4 is 23.3 Å². The number of alkyl halides is 6. The molecule has 0 radical (unpaired) electrons. The van der Waals surface area contributed by atoms with Gasteiger partial charge in [0.25, 0.3) is 0 Å². The highest BCUT2D eigenvalue weighted by atomic mass is 19.4. The minimum Gasteiger partial charge on any atom is -0.377 e. The molecule has 0 saturated carbocycles. The van der Waals surface area contributed by atoms with Gasteiger partial charge in [-0.1, -0.05) is 0 Å². The molecule has 190 valence electrons. The van der Waals surface area contributed by atoms with E-state index in [-0.39, 0.29) is 17.9 Å². The Morgan fingerprint density at radius 3 is 2.06 bits per heavy atom. The summed E-state index contributed by atoms with van der Waals surface area (Å²) < 4.78 is 82.0. The van der Waals surface area contributed by atoms with Crippen molar-refractivity contribution in [3.05, 3.63) is 48.0 Å². The van der Waals surface area contributed by atoms with Crippen LogP contribution in [0.15, 0.2) is 36.7 Å². The number of urea groups is 1. The monoisotopic (exact) mass is 505 g/mol. The van der Waals surface area contributed by atoms with Crippen LogP contribution in [0.2, 0.25) is 0 Å². The molecule has 3 heterocycles. The van der Waals surface area contributed by atoms with Gasteiger partial charge in [-0.25, -0.2) is 14.8 Å². The predicted molar refractivity (Wildman–Crippen MR) is 111 cm³/mol. The third-order valence-electron chi connectivity index (χ3n) is 5.54. The van der Waals surface area contributed by atoms with Crippen LogP contribution >= 0.6 is 0 Å². The minimum atomic E-state index is -4.65. The van der Waals surface area contributed by atoms with E-state index in [4.69, 9.17) is 4.74 Å². The number of carbonyl (C=O) groups excluding carboxylic acids is 2. The van der Waals surface area contributed by atoms with Gasteiger partial charge in [0.2, 0.25) is 5.91 Å². The van der Waals surface area contributed by atoms with Crippen LogP contribution in [0.5, 0.6) is 0 Å². The van der Waals surface area contributed by atoms with Gasteiger partial charge in [-0.05, 0) is 38.1 Å². The van der Waals surface area contributed by atoms with E-state index < -0.39 is 53.9 Å². The number of hydrogen-bond acceptors (Lipinski definition) is 5. The van der Waals surface area contributed by atoms with Crippen LogP contribution in [-0.2, 0) is 21.9 Å². The molecule has 1 atom stereocenters. The maximum absolute atomic E-state index is 13.1. The lowest BCUT2D eigenvalue weighted by molar-refractivity contribution is -0.141. The van der Waals surface area contributed by atoms with Gasteiger partial charge < -0.3 is 15.0 Å². The second kappa shape index (κ2) is 9.32. The molecule has 0 spiro atoms. The van der Waals surface area contributed by atoms with Crippen LogP contribution in [0, 0.1) is 0 Å². The number of rotatable bonds is 6. The van der Waals surface area contributed by atoms with Gasteiger partial charge in [-0.3, -0.25) is 9.69 Å². The Morgan fingerprint density at radius 2 is 1.60 bits per heavy atom. The van der Waals surface area contributed by atoms with Crippen molar-refractivity contribution in [2.24, 2.45) is 0 Å². The maximum atomic E-state index is 13.1. The lowest BCUT2D eigenvalue weighted by Gasteiger charge is -2.35. The number of amides is 3. The zero-order valence-corrected chi connectivity index (χ0v) is 18.7. The van der Waals surface area contributed by atoms with Gasteiger partial charge in [-0.2, -0.15) is 26.3 Å². The molecule has 1 aliphatic rings. The molecule has 0 unspecified atom stereocenters. The lowest BCUT2D eigenvalue weighted by atomic mass is 9.98. The fourth-order valence-electron chi connectivity index (χ4n) is 3.47. The van der Waals surface area contributed by atoms with Crippen LogP contribution < -0.4 is 10.2 Å². The first kappa shape index (κ1) is 26.2. The summed E-state index contributed by atoms with van der Waals surface area (Å²) in [5.74, 6) is -0.718. The molecular formula is C21H21F6N5O3. The van der Waals surface area contributed by atoms with Crippen LogP contribution in [0.25, 0.3) is 0 Å². The number of hydrogen-bond donors (Lipinski definition) is 1. The Morgan fingerprint density at radius 1 is 1.03 bits per heavy atom. The van der Waals surface area contributed by atoms with E-state index in [0.717, 1.165) is 30.6 Å². The molecule has 0 aromatic carbocycles. The van der Waals surface area contributed by atoms with E-state index in [2.05, 4.69) is 15.3 Å². The van der Waals surface area contributed by atoms with Crippen molar-refractivity contribution in [1.29, 1.82) is 0 Å². The third kappa shape index (κ3) is 5.81. The summed E-state index contributed by atoms with van der Waals surface area (Å²) in [6.45, 7) is 2.83. The standard InChI is InChI=1S/C21H21F6N5O3/c1-19(2,35-3)16-10-31(13-5-7-15(29-9-13)21(25,26)27)18(34)32(16)11-17(33)30-12-4-6-14(28-8-12)20(22,23)24/h4-9,16H,10-11H2,1-3H3,(H,30,33)/t16-/m1/s1. The predicted octanol–water partition coefficient (Wildman–Crippen LogP) is 4.19. The van der Waals surface area contributed by atoms with Gasteiger partial charge in [0.1, 0.15) is 17.9 Å². The SMILES string of the molecule is COC(C)(C)[C@H]1CN(c2ccc(C(F)(F)F)nc2)C(=O)N1CC(=O)Nc1ccc(C(F)(F)F)nc1. The average molecular weight is 505 g/mol. The first-order valence-electron chi connectivity index (χ1n) is 10.1. The number of anilines is 2. The van der Waals surface area contributed by atoms with Gasteiger partial charge in [0, 0.05) is 7.11 Å². The Labute approximate surface area is 195 Å². The van der Waals surface area contributed by atoms with Crippen molar-refractivity contribution in [2.45, 2.75) is 37.8 Å². The van der Waals surface area contributed by atoms with E-state index in [0.29, 0.717) is 6.07 Å². The molecular weight excluding hydrogens is 484 g/mol. The molecule has 1 aliphatic heterocycles. The van der Waals surface area contributed by atoms with Gasteiger partial charge in [-0.15, -0.1) is 0 Å². The average Bonchev–Trinajstić information content (AvgIpc) is 3.09. The van der Waals surface area contributed by atoms with E-state index in [1.165, 1.54) is 16.9 Å². The van der Waals surface area contributed by atoms with E-state index >= 15 is 0 Å². The molecule has 1 N–H and O–H groups in total. The second-order valence-electron chi connectivity index (χ2n) is 8.22. The molecule has 0 bridgehead atoms. The van der Waals surface area contributed by atoms with Crippen molar-refractivity contribution in [3.63, 3.8) is 0 Å². The van der Waals surface area contributed by atoms with Crippen LogP contribution in [0.3, 0.4) is 0 Å². The number of methoxy groups -OCH3 is 1. The van der Waals surface area contributed by atoms with Crippen molar-refractivity contribution in [1.82, 2.24) is 14.9 Å². The Bertz CT molecular complexity index is 1070. The van der Waals surface area contributed by atoms with Crippen molar-refractivity contribution in [2.75, 3.05) is 30.4 Å². The molecule has 35 heavy (non-hydrogen) atoms. The van der Waals surface area contributed by atoms with Crippen molar-refractivity contribution < 1.29 is 40.7 Å². The van der Waals surface area contributed by atoms with E-state index in [1.807, 2.05) is 0 Å². The van der Waals surface area contributed by atoms with Gasteiger partial charge in [0.05, 0.1) is 42.0 Å². The summed E-state index contributed by atoms with van der Waals surface area (Å²) in [5, 5.41) is 2.38. The molecule has 1 saturated heterocycles. The molecule has 1 fully saturated rings. The summed E-state index contributed by atoms with van der Waals surface area (Å²) in [5.41, 5.74) is -3.13. The molecule has 2 aromatic heterocycles. The molecule has 0 aliphatic carbocycles. The minimum absolute atomic E-state index is 0.0121. The maximum Gasteiger partial charge on any atom is 0.433 e. The molecule has 3 rings (SSSR count). The smallest absolute Gasteiger partial charge is 0.377 e. The topological polar surface area (TPSA) is 87.7 Å². The largest absolute Gasteiger partial charge is 0.433 e. The van der Waals surface area contributed by atoms with Crippen LogP contribution in [0.1, 0.15) is 25.2 Å². The Balaban J connectivity index is 1.79. The summed E-state index contributed by atoms with van der Waals surface area (Å²) in [4.78, 5) is 34.7. The highest BCUT2D eigenvalue weighted by molar-refractivity contribution is 5.99. The number of nitrogens with zero attached hydrogens (tertiary/aromatic N) is 4. The molecule has 3 amide bonds. The van der Waals surface area contributed by atoms with E-state index in [9.17, 15) is 35.9 Å². The van der Waals surface area contributed by atoms with E-state index in [1.54, 1.807) is 13.8 Å². The first-order valence-corrected chi connectivity index (χ1v) is 10.1. The number of nitrogens with one attached hydrogen (secondary N) is 1. The summed E-state index contributed by atoms with van der Waals surface area (Å²) >= 11 is 0. The molecule has 8 nitrogen and oxygen atoms in total. The Kier molecular flexibility index (Phi) is 6.97. The third-order valence-corrected chi connectivity index (χ3v) is 5.54. The number of halogens is 6. The fraction of sp³-hybridized carbons (Fsp3) is 0.429. The Hall–Kier alpha value is -3.42. The van der Waals surface area contributed by atoms with Gasteiger partial charge in [0.15, 0.2) is 0 Å². The highest BCUT2D eigenvalue weighted by Crippen LogP contribution is 2.33. The summed E-state index contributed by atoms with van der Waals surface area (Å²) in [6, 6.07) is 2.19. The number of carbonyl (C=O) groups is 2. The molecule has 2 aromatic rings. The zero-order chi connectivity index (χ0) is 26.2. The summed E-state index contributed by atoms with van der Waals surface area (Å²) in [7, 11) is 1.40. The van der Waals surface area contributed by atoms with Crippen molar-refractivity contribution in [3.8, 4) is 0 Å². The quantitative estimate of drug-likeness (QED) is 0.595. The zero-order valence-electron chi connectivity index (χ0n) is 18.7. The fourth-order valence-corrected chi connectivity index (χ4v) is 3.47. The number of aromatic nitrogens is 2. The normalized spacial score (nSPS) is 17.2. The molecule has 14 heteroatoms. The van der Waals surface area contributed by atoms with Crippen LogP contribution in [-0.4, -0.2) is 58.6 Å². The lowest BCUT2D eigenvalue weighted by Crippen LogP contribution is -2.51. The van der Waals surface area contributed by atoms with Crippen LogP contribution in [0.4, 0.5) is 42.5 Å². The van der Waals surface area contributed by atoms with Gasteiger partial charge >= 0.3 is 18.4 Å². The number of pyridine rings is 2. The number of ether oxygens (including phenoxy) is 1. The second-order valence-corrected chi connectivity index (χ2v) is 8.22. The highest BCUT2D eigenvalue weighted by Gasteiger charge is 2.47. The first-order chi connectivity index (χ1) is 16.1. The summed E-state index contributed by atoms with van der Waals surface area (Å²) in [6.07, 6.45) is -7.54.